The molecule has 136 valence electrons. The SMILES string of the molecule is Cn1cc(CN2CCCCC[C@H]2c2cc(-c3ccc(F)cc3)on2)cn1. The lowest BCUT2D eigenvalue weighted by atomic mass is 10.0. The first-order valence-corrected chi connectivity index (χ1v) is 9.13. The number of benzene rings is 1. The highest BCUT2D eigenvalue weighted by atomic mass is 19.1. The molecule has 2 aromatic heterocycles. The highest BCUT2D eigenvalue weighted by Crippen LogP contribution is 2.33. The smallest absolute Gasteiger partial charge is 0.167 e. The molecular formula is C20H23FN4O. The van der Waals surface area contributed by atoms with Crippen LogP contribution in [0.25, 0.3) is 11.3 Å². The Labute approximate surface area is 152 Å². The Balaban J connectivity index is 1.57. The molecule has 4 rings (SSSR count). The second-order valence-electron chi connectivity index (χ2n) is 6.98. The van der Waals surface area contributed by atoms with Gasteiger partial charge in [-0.25, -0.2) is 4.39 Å². The largest absolute Gasteiger partial charge is 0.356 e. The van der Waals surface area contributed by atoms with Gasteiger partial charge in [-0.3, -0.25) is 9.58 Å². The standard InChI is InChI=1S/C20H23FN4O/c1-24-13-15(12-22-24)14-25-10-4-2-3-5-19(25)18-11-20(26-23-18)16-6-8-17(21)9-7-16/h6-9,11-13,19H,2-5,10,14H2,1H3/t19-/m0/s1. The van der Waals surface area contributed by atoms with Gasteiger partial charge in [0.1, 0.15) is 11.5 Å². The van der Waals surface area contributed by atoms with Crippen molar-refractivity contribution in [1.29, 1.82) is 0 Å². The van der Waals surface area contributed by atoms with Crippen molar-refractivity contribution < 1.29 is 8.91 Å². The fraction of sp³-hybridized carbons (Fsp3) is 0.400. The van der Waals surface area contributed by atoms with E-state index < -0.39 is 0 Å². The molecule has 6 heteroatoms. The second kappa shape index (κ2) is 7.41. The second-order valence-corrected chi connectivity index (χ2v) is 6.98. The molecule has 3 aromatic rings. The molecule has 0 aliphatic carbocycles. The molecule has 0 spiro atoms. The summed E-state index contributed by atoms with van der Waals surface area (Å²) in [7, 11) is 1.94. The highest BCUT2D eigenvalue weighted by molar-refractivity contribution is 5.57. The summed E-state index contributed by atoms with van der Waals surface area (Å²) in [6.07, 6.45) is 8.67. The Morgan fingerprint density at radius 2 is 2.04 bits per heavy atom. The number of nitrogens with zero attached hydrogens (tertiary/aromatic N) is 4. The average Bonchev–Trinajstić information content (AvgIpc) is 3.21. The van der Waals surface area contributed by atoms with Gasteiger partial charge in [0.25, 0.3) is 0 Å². The van der Waals surface area contributed by atoms with Gasteiger partial charge < -0.3 is 4.52 Å². The first-order chi connectivity index (χ1) is 12.7. The van der Waals surface area contributed by atoms with Gasteiger partial charge >= 0.3 is 0 Å². The molecule has 1 aromatic carbocycles. The number of hydrogen-bond donors (Lipinski definition) is 0. The third kappa shape index (κ3) is 3.70. The Morgan fingerprint density at radius 3 is 2.81 bits per heavy atom. The maximum Gasteiger partial charge on any atom is 0.167 e. The molecule has 3 heterocycles. The zero-order chi connectivity index (χ0) is 17.9. The average molecular weight is 354 g/mol. The van der Waals surface area contributed by atoms with Crippen molar-refractivity contribution in [3.63, 3.8) is 0 Å². The van der Waals surface area contributed by atoms with E-state index in [1.807, 2.05) is 24.0 Å². The van der Waals surface area contributed by atoms with Crippen molar-refractivity contribution in [1.82, 2.24) is 19.8 Å². The minimum absolute atomic E-state index is 0.232. The van der Waals surface area contributed by atoms with E-state index in [2.05, 4.69) is 21.4 Å². The highest BCUT2D eigenvalue weighted by Gasteiger charge is 2.26. The number of aryl methyl sites for hydroxylation is 1. The Bertz CT molecular complexity index is 855. The molecule has 1 aliphatic rings. The summed E-state index contributed by atoms with van der Waals surface area (Å²) >= 11 is 0. The Morgan fingerprint density at radius 1 is 1.19 bits per heavy atom. The van der Waals surface area contributed by atoms with Gasteiger partial charge in [-0.1, -0.05) is 18.0 Å². The molecule has 0 bridgehead atoms. The van der Waals surface area contributed by atoms with Crippen LogP contribution >= 0.6 is 0 Å². The summed E-state index contributed by atoms with van der Waals surface area (Å²) in [5, 5.41) is 8.63. The molecular weight excluding hydrogens is 331 g/mol. The molecule has 0 amide bonds. The van der Waals surface area contributed by atoms with E-state index in [0.29, 0.717) is 5.76 Å². The minimum atomic E-state index is -0.250. The summed E-state index contributed by atoms with van der Waals surface area (Å²) in [5.41, 5.74) is 3.01. The summed E-state index contributed by atoms with van der Waals surface area (Å²) < 4.78 is 20.6. The van der Waals surface area contributed by atoms with Crippen LogP contribution in [0.5, 0.6) is 0 Å². The molecule has 1 saturated heterocycles. The number of aromatic nitrogens is 3. The molecule has 0 radical (unpaired) electrons. The maximum absolute atomic E-state index is 13.1. The molecule has 0 N–H and O–H groups in total. The molecule has 26 heavy (non-hydrogen) atoms. The van der Waals surface area contributed by atoms with Crippen LogP contribution < -0.4 is 0 Å². The quantitative estimate of drug-likeness (QED) is 0.700. The fourth-order valence-corrected chi connectivity index (χ4v) is 3.68. The first kappa shape index (κ1) is 17.0. The first-order valence-electron chi connectivity index (χ1n) is 9.13. The summed E-state index contributed by atoms with van der Waals surface area (Å²) in [5.74, 6) is 0.436. The predicted octanol–water partition coefficient (Wildman–Crippen LogP) is 4.33. The van der Waals surface area contributed by atoms with Crippen molar-refractivity contribution in [3.05, 3.63) is 59.8 Å². The summed E-state index contributed by atoms with van der Waals surface area (Å²) in [6, 6.07) is 8.56. The van der Waals surface area contributed by atoms with Crippen LogP contribution in [0.2, 0.25) is 0 Å². The van der Waals surface area contributed by atoms with Crippen LogP contribution in [-0.2, 0) is 13.6 Å². The lowest BCUT2D eigenvalue weighted by Crippen LogP contribution is -2.28. The normalized spacial score (nSPS) is 18.8. The number of likely N-dealkylation sites (tertiary alicyclic amines) is 1. The van der Waals surface area contributed by atoms with Crippen LogP contribution in [-0.4, -0.2) is 26.4 Å². The monoisotopic (exact) mass is 354 g/mol. The van der Waals surface area contributed by atoms with Crippen molar-refractivity contribution in [2.24, 2.45) is 7.05 Å². The topological polar surface area (TPSA) is 47.1 Å². The van der Waals surface area contributed by atoms with Gasteiger partial charge in [0.2, 0.25) is 0 Å². The van der Waals surface area contributed by atoms with Crippen LogP contribution in [0.1, 0.15) is 43.0 Å². The van der Waals surface area contributed by atoms with Crippen molar-refractivity contribution >= 4 is 0 Å². The molecule has 1 aliphatic heterocycles. The Hall–Kier alpha value is -2.47. The van der Waals surface area contributed by atoms with Crippen LogP contribution in [0.15, 0.2) is 47.2 Å². The third-order valence-corrected chi connectivity index (χ3v) is 5.01. The fourth-order valence-electron chi connectivity index (χ4n) is 3.68. The van der Waals surface area contributed by atoms with Gasteiger partial charge in [0, 0.05) is 37.0 Å². The van der Waals surface area contributed by atoms with Crippen LogP contribution in [0, 0.1) is 5.82 Å². The number of rotatable bonds is 4. The van der Waals surface area contributed by atoms with E-state index in [4.69, 9.17) is 4.52 Å². The van der Waals surface area contributed by atoms with E-state index in [1.54, 1.807) is 12.1 Å². The summed E-state index contributed by atoms with van der Waals surface area (Å²) in [6.45, 7) is 1.90. The minimum Gasteiger partial charge on any atom is -0.356 e. The van der Waals surface area contributed by atoms with E-state index in [-0.39, 0.29) is 11.9 Å². The van der Waals surface area contributed by atoms with Gasteiger partial charge in [-0.15, -0.1) is 0 Å². The predicted molar refractivity (Wildman–Crippen MR) is 96.7 cm³/mol. The van der Waals surface area contributed by atoms with Crippen molar-refractivity contribution in [2.75, 3.05) is 6.54 Å². The molecule has 1 atom stereocenters. The van der Waals surface area contributed by atoms with Crippen molar-refractivity contribution in [3.8, 4) is 11.3 Å². The van der Waals surface area contributed by atoms with E-state index in [9.17, 15) is 4.39 Å². The van der Waals surface area contributed by atoms with Crippen LogP contribution in [0.3, 0.4) is 0 Å². The molecule has 5 nitrogen and oxygen atoms in total. The summed E-state index contributed by atoms with van der Waals surface area (Å²) in [4.78, 5) is 2.47. The molecule has 0 saturated carbocycles. The zero-order valence-electron chi connectivity index (χ0n) is 14.9. The Kier molecular flexibility index (Phi) is 4.84. The maximum atomic E-state index is 13.1. The molecule has 1 fully saturated rings. The third-order valence-electron chi connectivity index (χ3n) is 5.01. The van der Waals surface area contributed by atoms with E-state index in [0.717, 1.165) is 30.8 Å². The zero-order valence-corrected chi connectivity index (χ0v) is 14.9. The van der Waals surface area contributed by atoms with Crippen LogP contribution in [0.4, 0.5) is 4.39 Å². The lowest BCUT2D eigenvalue weighted by Gasteiger charge is -2.27. The van der Waals surface area contributed by atoms with Gasteiger partial charge in [0.05, 0.1) is 12.2 Å². The van der Waals surface area contributed by atoms with Gasteiger partial charge in [-0.2, -0.15) is 5.10 Å². The van der Waals surface area contributed by atoms with Gasteiger partial charge in [0.15, 0.2) is 5.76 Å². The van der Waals surface area contributed by atoms with Gasteiger partial charge in [-0.05, 0) is 43.7 Å². The molecule has 0 unspecified atom stereocenters. The number of hydrogen-bond acceptors (Lipinski definition) is 4. The van der Waals surface area contributed by atoms with Crippen molar-refractivity contribution in [2.45, 2.75) is 38.3 Å². The number of halogens is 1. The van der Waals surface area contributed by atoms with E-state index >= 15 is 0 Å². The van der Waals surface area contributed by atoms with E-state index in [1.165, 1.54) is 37.0 Å². The lowest BCUT2D eigenvalue weighted by molar-refractivity contribution is 0.184.